The molecule has 2 heterocycles. The van der Waals surface area contributed by atoms with Crippen LogP contribution in [0.15, 0.2) is 35.3 Å². The zero-order chi connectivity index (χ0) is 18.7. The van der Waals surface area contributed by atoms with E-state index in [4.69, 9.17) is 11.6 Å². The third-order valence-electron chi connectivity index (χ3n) is 4.39. The van der Waals surface area contributed by atoms with Gasteiger partial charge in [-0.2, -0.15) is 0 Å². The van der Waals surface area contributed by atoms with Gasteiger partial charge in [-0.05, 0) is 12.0 Å². The van der Waals surface area contributed by atoms with E-state index in [-0.39, 0.29) is 11.8 Å². The molecule has 26 heavy (non-hydrogen) atoms. The largest absolute Gasteiger partial charge is 0.391 e. The second-order valence-electron chi connectivity index (χ2n) is 6.22. The van der Waals surface area contributed by atoms with Crippen LogP contribution < -0.4 is 5.32 Å². The summed E-state index contributed by atoms with van der Waals surface area (Å²) in [4.78, 5) is 32.3. The molecule has 0 bridgehead atoms. The molecule has 1 aromatic rings. The van der Waals surface area contributed by atoms with Crippen molar-refractivity contribution in [3.63, 3.8) is 0 Å². The van der Waals surface area contributed by atoms with Crippen LogP contribution in [0.1, 0.15) is 5.56 Å². The Kier molecular flexibility index (Phi) is 6.05. The molecule has 1 aromatic carbocycles. The first kappa shape index (κ1) is 19.0. The van der Waals surface area contributed by atoms with Gasteiger partial charge in [-0.1, -0.05) is 42.1 Å². The van der Waals surface area contributed by atoms with Crippen molar-refractivity contribution in [3.8, 4) is 0 Å². The molecule has 1 saturated heterocycles. The summed E-state index contributed by atoms with van der Waals surface area (Å²) in [6.07, 6.45) is -0.467. The lowest BCUT2D eigenvalue weighted by atomic mass is 10.1. The van der Waals surface area contributed by atoms with Crippen LogP contribution in [0.2, 0.25) is 0 Å². The van der Waals surface area contributed by atoms with E-state index in [9.17, 15) is 14.7 Å². The number of aliphatic imine (C=N–C) groups is 1. The zero-order valence-electron chi connectivity index (χ0n) is 14.3. The van der Waals surface area contributed by atoms with E-state index >= 15 is 0 Å². The number of aliphatic hydroxyl groups excluding tert-OH is 1. The van der Waals surface area contributed by atoms with Crippen LogP contribution >= 0.6 is 23.4 Å². The molecule has 3 unspecified atom stereocenters. The summed E-state index contributed by atoms with van der Waals surface area (Å²) in [5, 5.41) is 12.8. The van der Waals surface area contributed by atoms with Crippen molar-refractivity contribution in [2.75, 3.05) is 25.2 Å². The van der Waals surface area contributed by atoms with Crippen LogP contribution in [0.3, 0.4) is 0 Å². The van der Waals surface area contributed by atoms with E-state index < -0.39 is 24.3 Å². The minimum atomic E-state index is -0.656. The van der Waals surface area contributed by atoms with Crippen molar-refractivity contribution in [1.29, 1.82) is 0 Å². The maximum atomic E-state index is 12.4. The van der Waals surface area contributed by atoms with E-state index in [1.807, 2.05) is 35.2 Å². The molecule has 140 valence electrons. The van der Waals surface area contributed by atoms with Gasteiger partial charge in [-0.3, -0.25) is 10.1 Å². The van der Waals surface area contributed by atoms with Crippen molar-refractivity contribution in [2.45, 2.75) is 24.7 Å². The molecule has 0 saturated carbocycles. The maximum Gasteiger partial charge on any atom is 0.325 e. The summed E-state index contributed by atoms with van der Waals surface area (Å²) in [5.41, 5.74) is 1.15. The molecule has 2 aliphatic rings. The Labute approximate surface area is 161 Å². The van der Waals surface area contributed by atoms with Crippen LogP contribution in [0.4, 0.5) is 4.79 Å². The summed E-state index contributed by atoms with van der Waals surface area (Å²) in [7, 11) is 1.62. The van der Waals surface area contributed by atoms with E-state index in [0.29, 0.717) is 17.5 Å². The van der Waals surface area contributed by atoms with E-state index in [2.05, 4.69) is 10.3 Å². The number of urea groups is 1. The number of fused-ring (bicyclic) bond motifs is 1. The number of likely N-dealkylation sites (N-methyl/N-ethyl adjacent to an activating group) is 1. The minimum Gasteiger partial charge on any atom is -0.391 e. The first-order valence-corrected chi connectivity index (χ1v) is 9.86. The number of benzene rings is 1. The third kappa shape index (κ3) is 3.97. The molecule has 3 atom stereocenters. The molecule has 2 N–H and O–H groups in total. The first-order valence-electron chi connectivity index (χ1n) is 8.34. The van der Waals surface area contributed by atoms with Crippen LogP contribution in [-0.4, -0.2) is 75.5 Å². The average Bonchev–Trinajstić information content (AvgIpc) is 3.02. The Morgan fingerprint density at radius 3 is 2.77 bits per heavy atom. The standard InChI is InChI=1S/C17H21ClN4O3S/c1-21-14-13(15(24)20-16(21)25)22(8-7-11-5-3-2-4-6-11)17(19-14)26-10-12(23)9-18/h2-6,12-14,23H,7-10H2,1H3,(H,20,24,25). The van der Waals surface area contributed by atoms with Gasteiger partial charge in [0.2, 0.25) is 0 Å². The number of nitrogens with one attached hydrogen (secondary N) is 1. The number of carbonyl (C=O) groups excluding carboxylic acids is 2. The third-order valence-corrected chi connectivity index (χ3v) is 5.90. The van der Waals surface area contributed by atoms with Gasteiger partial charge < -0.3 is 14.9 Å². The Bertz CT molecular complexity index is 703. The van der Waals surface area contributed by atoms with Crippen molar-refractivity contribution in [1.82, 2.24) is 15.1 Å². The lowest BCUT2D eigenvalue weighted by Gasteiger charge is -2.36. The summed E-state index contributed by atoms with van der Waals surface area (Å²) in [6.45, 7) is 0.587. The van der Waals surface area contributed by atoms with E-state index in [1.54, 1.807) is 7.05 Å². The number of amides is 3. The number of aliphatic hydroxyl groups is 1. The van der Waals surface area contributed by atoms with Gasteiger partial charge in [0, 0.05) is 25.2 Å². The fourth-order valence-electron chi connectivity index (χ4n) is 2.97. The van der Waals surface area contributed by atoms with Crippen molar-refractivity contribution in [3.05, 3.63) is 35.9 Å². The van der Waals surface area contributed by atoms with Gasteiger partial charge in [0.05, 0.1) is 6.10 Å². The highest BCUT2D eigenvalue weighted by atomic mass is 35.5. The molecule has 0 spiro atoms. The number of nitrogens with zero attached hydrogens (tertiary/aromatic N) is 3. The van der Waals surface area contributed by atoms with Gasteiger partial charge in [-0.25, -0.2) is 9.79 Å². The van der Waals surface area contributed by atoms with E-state index in [0.717, 1.165) is 12.0 Å². The minimum absolute atomic E-state index is 0.135. The zero-order valence-corrected chi connectivity index (χ0v) is 15.9. The first-order chi connectivity index (χ1) is 12.5. The lowest BCUT2D eigenvalue weighted by Crippen LogP contribution is -2.63. The van der Waals surface area contributed by atoms with Gasteiger partial charge in [0.1, 0.15) is 0 Å². The van der Waals surface area contributed by atoms with Crippen molar-refractivity contribution >= 4 is 40.5 Å². The highest BCUT2D eigenvalue weighted by Crippen LogP contribution is 2.29. The van der Waals surface area contributed by atoms with E-state index in [1.165, 1.54) is 16.7 Å². The maximum absolute atomic E-state index is 12.4. The number of imide groups is 1. The Balaban J connectivity index is 1.78. The van der Waals surface area contributed by atoms with Gasteiger partial charge in [-0.15, -0.1) is 11.6 Å². The fourth-order valence-corrected chi connectivity index (χ4v) is 4.22. The number of carbonyl (C=O) groups is 2. The molecule has 3 rings (SSSR count). The van der Waals surface area contributed by atoms with Gasteiger partial charge >= 0.3 is 6.03 Å². The number of amidine groups is 1. The molecule has 3 amide bonds. The summed E-state index contributed by atoms with van der Waals surface area (Å²) in [5.74, 6) is 0.169. The van der Waals surface area contributed by atoms with Crippen LogP contribution in [0, 0.1) is 0 Å². The molecule has 9 heteroatoms. The number of hydrogen-bond donors (Lipinski definition) is 2. The highest BCUT2D eigenvalue weighted by Gasteiger charge is 2.48. The van der Waals surface area contributed by atoms with Crippen LogP contribution in [0.25, 0.3) is 0 Å². The molecule has 7 nitrogen and oxygen atoms in total. The van der Waals surface area contributed by atoms with Crippen LogP contribution in [0.5, 0.6) is 0 Å². The summed E-state index contributed by atoms with van der Waals surface area (Å²) < 4.78 is 0. The highest BCUT2D eigenvalue weighted by molar-refractivity contribution is 8.13. The normalized spacial score (nSPS) is 23.6. The fraction of sp³-hybridized carbons (Fsp3) is 0.471. The Morgan fingerprint density at radius 2 is 2.08 bits per heavy atom. The molecular weight excluding hydrogens is 376 g/mol. The number of alkyl halides is 1. The monoisotopic (exact) mass is 396 g/mol. The smallest absolute Gasteiger partial charge is 0.325 e. The number of hydrogen-bond acceptors (Lipinski definition) is 6. The quantitative estimate of drug-likeness (QED) is 0.703. The number of rotatable bonds is 6. The molecule has 0 aromatic heterocycles. The van der Waals surface area contributed by atoms with Crippen LogP contribution in [-0.2, 0) is 11.2 Å². The molecule has 1 fully saturated rings. The molecule has 2 aliphatic heterocycles. The van der Waals surface area contributed by atoms with Crippen molar-refractivity contribution < 1.29 is 14.7 Å². The van der Waals surface area contributed by atoms with Gasteiger partial charge in [0.25, 0.3) is 5.91 Å². The Hall–Kier alpha value is -1.77. The predicted octanol–water partition coefficient (Wildman–Crippen LogP) is 1.11. The SMILES string of the molecule is CN1C(=O)NC(=O)C2C1N=C(SCC(O)CCl)N2CCc1ccccc1. The topological polar surface area (TPSA) is 85.2 Å². The predicted molar refractivity (Wildman–Crippen MR) is 102 cm³/mol. The molecule has 0 radical (unpaired) electrons. The summed E-state index contributed by atoms with van der Waals surface area (Å²) in [6, 6.07) is 8.97. The average molecular weight is 397 g/mol. The molecule has 0 aliphatic carbocycles. The Morgan fingerprint density at radius 1 is 1.35 bits per heavy atom. The van der Waals surface area contributed by atoms with Gasteiger partial charge in [0.15, 0.2) is 17.4 Å². The lowest BCUT2D eigenvalue weighted by molar-refractivity contribution is -0.127. The second kappa shape index (κ2) is 8.28. The number of thioether (sulfide) groups is 1. The summed E-state index contributed by atoms with van der Waals surface area (Å²) >= 11 is 7.02. The van der Waals surface area contributed by atoms with Crippen molar-refractivity contribution in [2.24, 2.45) is 4.99 Å². The molecular formula is C17H21ClN4O3S. The number of halogens is 1. The second-order valence-corrected chi connectivity index (χ2v) is 7.52.